The lowest BCUT2D eigenvalue weighted by Gasteiger charge is -2.45. The molecule has 1 spiro atoms. The Hall–Kier alpha value is -0.0800. The van der Waals surface area contributed by atoms with E-state index >= 15 is 0 Å². The minimum Gasteiger partial charge on any atom is -0.315 e. The average molecular weight is 236 g/mol. The summed E-state index contributed by atoms with van der Waals surface area (Å²) in [6.45, 7) is 7.64. The first-order valence-electron chi connectivity index (χ1n) is 7.74. The molecule has 0 aromatic rings. The van der Waals surface area contributed by atoms with Crippen molar-refractivity contribution in [3.05, 3.63) is 0 Å². The first-order chi connectivity index (χ1) is 8.28. The van der Waals surface area contributed by atoms with Crippen LogP contribution in [0.15, 0.2) is 0 Å². The fourth-order valence-corrected chi connectivity index (χ4v) is 4.24. The molecule has 2 heterocycles. The molecule has 98 valence electrons. The van der Waals surface area contributed by atoms with Gasteiger partial charge in [-0.25, -0.2) is 0 Å². The van der Waals surface area contributed by atoms with Gasteiger partial charge in [-0.2, -0.15) is 0 Å². The zero-order valence-corrected chi connectivity index (χ0v) is 11.4. The van der Waals surface area contributed by atoms with Crippen LogP contribution < -0.4 is 5.32 Å². The van der Waals surface area contributed by atoms with Crippen molar-refractivity contribution < 1.29 is 0 Å². The van der Waals surface area contributed by atoms with Gasteiger partial charge < -0.3 is 5.32 Å². The predicted molar refractivity (Wildman–Crippen MR) is 72.1 cm³/mol. The number of hydrogen-bond donors (Lipinski definition) is 1. The van der Waals surface area contributed by atoms with Gasteiger partial charge in [-0.05, 0) is 57.2 Å². The molecule has 0 aromatic heterocycles. The van der Waals surface area contributed by atoms with Gasteiger partial charge in [-0.3, -0.25) is 4.90 Å². The fourth-order valence-electron chi connectivity index (χ4n) is 4.24. The van der Waals surface area contributed by atoms with E-state index in [-0.39, 0.29) is 0 Å². The Kier molecular flexibility index (Phi) is 3.45. The summed E-state index contributed by atoms with van der Waals surface area (Å²) in [6.07, 6.45) is 10.3. The molecule has 1 aliphatic carbocycles. The van der Waals surface area contributed by atoms with Gasteiger partial charge in [0.1, 0.15) is 0 Å². The Balaban J connectivity index is 1.57. The summed E-state index contributed by atoms with van der Waals surface area (Å²) < 4.78 is 0. The minimum atomic E-state index is 0.543. The number of piperidine rings is 1. The van der Waals surface area contributed by atoms with Gasteiger partial charge in [-0.1, -0.05) is 26.2 Å². The molecule has 2 unspecified atom stereocenters. The maximum absolute atomic E-state index is 3.67. The van der Waals surface area contributed by atoms with Crippen LogP contribution in [-0.2, 0) is 0 Å². The second-order valence-corrected chi connectivity index (χ2v) is 6.84. The number of nitrogens with one attached hydrogen (secondary N) is 1. The number of nitrogens with zero attached hydrogens (tertiary/aromatic N) is 1. The summed E-state index contributed by atoms with van der Waals surface area (Å²) in [5, 5.41) is 3.67. The number of hydrogen-bond acceptors (Lipinski definition) is 2. The Bertz CT molecular complexity index is 262. The van der Waals surface area contributed by atoms with Crippen LogP contribution in [0.5, 0.6) is 0 Å². The third kappa shape index (κ3) is 2.39. The Morgan fingerprint density at radius 2 is 2.18 bits per heavy atom. The lowest BCUT2D eigenvalue weighted by atomic mass is 9.80. The zero-order valence-electron chi connectivity index (χ0n) is 11.4. The molecule has 1 saturated carbocycles. The molecule has 0 amide bonds. The molecule has 2 atom stereocenters. The molecule has 3 aliphatic rings. The normalized spacial score (nSPS) is 39.7. The molecule has 0 radical (unpaired) electrons. The van der Waals surface area contributed by atoms with E-state index in [2.05, 4.69) is 17.1 Å². The monoisotopic (exact) mass is 236 g/mol. The van der Waals surface area contributed by atoms with Gasteiger partial charge in [-0.15, -0.1) is 0 Å². The second-order valence-electron chi connectivity index (χ2n) is 6.84. The molecule has 2 nitrogen and oxygen atoms in total. The van der Waals surface area contributed by atoms with Gasteiger partial charge in [0.25, 0.3) is 0 Å². The summed E-state index contributed by atoms with van der Waals surface area (Å²) in [5.74, 6) is 1.94. The first-order valence-corrected chi connectivity index (χ1v) is 7.74. The molecular formula is C15H28N2. The van der Waals surface area contributed by atoms with E-state index in [4.69, 9.17) is 0 Å². The highest BCUT2D eigenvalue weighted by molar-refractivity contribution is 5.01. The quantitative estimate of drug-likeness (QED) is 0.810. The summed E-state index contributed by atoms with van der Waals surface area (Å²) in [7, 11) is 0. The Morgan fingerprint density at radius 1 is 1.29 bits per heavy atom. The highest BCUT2D eigenvalue weighted by Crippen LogP contribution is 2.38. The van der Waals surface area contributed by atoms with E-state index in [1.165, 1.54) is 71.1 Å². The molecule has 2 heteroatoms. The van der Waals surface area contributed by atoms with Crippen molar-refractivity contribution >= 4 is 0 Å². The average Bonchev–Trinajstić information content (AvgIpc) is 2.59. The molecule has 3 rings (SSSR count). The van der Waals surface area contributed by atoms with E-state index in [0.29, 0.717) is 5.54 Å². The van der Waals surface area contributed by atoms with Gasteiger partial charge in [0.05, 0.1) is 0 Å². The van der Waals surface area contributed by atoms with Crippen LogP contribution in [0.1, 0.15) is 51.9 Å². The lowest BCUT2D eigenvalue weighted by molar-refractivity contribution is 0.0740. The highest BCUT2D eigenvalue weighted by Gasteiger charge is 2.43. The van der Waals surface area contributed by atoms with Gasteiger partial charge in [0.2, 0.25) is 0 Å². The summed E-state index contributed by atoms with van der Waals surface area (Å²) >= 11 is 0. The van der Waals surface area contributed by atoms with Crippen molar-refractivity contribution in [3.8, 4) is 0 Å². The molecule has 3 fully saturated rings. The van der Waals surface area contributed by atoms with Gasteiger partial charge in [0, 0.05) is 12.1 Å². The fraction of sp³-hybridized carbons (Fsp3) is 1.00. The summed E-state index contributed by atoms with van der Waals surface area (Å²) in [4.78, 5) is 2.84. The third-order valence-corrected chi connectivity index (χ3v) is 5.45. The van der Waals surface area contributed by atoms with Crippen molar-refractivity contribution in [2.75, 3.05) is 26.2 Å². The number of likely N-dealkylation sites (tertiary alicyclic amines) is 1. The van der Waals surface area contributed by atoms with Crippen LogP contribution in [0.25, 0.3) is 0 Å². The molecule has 1 N–H and O–H groups in total. The Labute approximate surface area is 106 Å². The van der Waals surface area contributed by atoms with Crippen LogP contribution in [0.2, 0.25) is 0 Å². The predicted octanol–water partition coefficient (Wildman–Crippen LogP) is 2.64. The van der Waals surface area contributed by atoms with Crippen molar-refractivity contribution in [2.45, 2.75) is 57.4 Å². The zero-order chi connectivity index (χ0) is 11.7. The van der Waals surface area contributed by atoms with Crippen LogP contribution in [0, 0.1) is 11.8 Å². The summed E-state index contributed by atoms with van der Waals surface area (Å²) in [6, 6.07) is 0. The highest BCUT2D eigenvalue weighted by atomic mass is 15.2. The molecule has 2 aliphatic heterocycles. The van der Waals surface area contributed by atoms with Crippen LogP contribution in [-0.4, -0.2) is 36.6 Å². The van der Waals surface area contributed by atoms with E-state index in [9.17, 15) is 0 Å². The molecule has 0 bridgehead atoms. The smallest absolute Gasteiger partial charge is 0.0337 e. The standard InChI is InChI=1S/C15H28N2/c1-13-10-15(12-16-11-13)7-3-8-17(15)9-6-14-4-2-5-14/h13-14,16H,2-12H2,1H3. The molecule has 2 saturated heterocycles. The first kappa shape index (κ1) is 12.0. The maximum atomic E-state index is 3.67. The third-order valence-electron chi connectivity index (χ3n) is 5.45. The molecular weight excluding hydrogens is 208 g/mol. The number of rotatable bonds is 3. The summed E-state index contributed by atoms with van der Waals surface area (Å²) in [5.41, 5.74) is 0.543. The topological polar surface area (TPSA) is 15.3 Å². The largest absolute Gasteiger partial charge is 0.315 e. The lowest BCUT2D eigenvalue weighted by Crippen LogP contribution is -2.56. The van der Waals surface area contributed by atoms with Gasteiger partial charge in [0.15, 0.2) is 0 Å². The molecule has 0 aromatic carbocycles. The minimum absolute atomic E-state index is 0.543. The van der Waals surface area contributed by atoms with Crippen molar-refractivity contribution in [3.63, 3.8) is 0 Å². The van der Waals surface area contributed by atoms with E-state index in [1.807, 2.05) is 0 Å². The van der Waals surface area contributed by atoms with Gasteiger partial charge >= 0.3 is 0 Å². The SMILES string of the molecule is CC1CNCC2(CCCN2CCC2CCC2)C1. The van der Waals surface area contributed by atoms with Crippen molar-refractivity contribution in [2.24, 2.45) is 11.8 Å². The molecule has 17 heavy (non-hydrogen) atoms. The van der Waals surface area contributed by atoms with E-state index < -0.39 is 0 Å². The Morgan fingerprint density at radius 3 is 2.88 bits per heavy atom. The van der Waals surface area contributed by atoms with Crippen LogP contribution in [0.3, 0.4) is 0 Å². The van der Waals surface area contributed by atoms with Crippen LogP contribution in [0.4, 0.5) is 0 Å². The van der Waals surface area contributed by atoms with E-state index in [0.717, 1.165) is 11.8 Å². The van der Waals surface area contributed by atoms with Crippen molar-refractivity contribution in [1.82, 2.24) is 10.2 Å². The van der Waals surface area contributed by atoms with Crippen molar-refractivity contribution in [1.29, 1.82) is 0 Å². The second kappa shape index (κ2) is 4.89. The van der Waals surface area contributed by atoms with Crippen LogP contribution >= 0.6 is 0 Å². The van der Waals surface area contributed by atoms with E-state index in [1.54, 1.807) is 0 Å². The maximum Gasteiger partial charge on any atom is 0.0337 e.